The van der Waals surface area contributed by atoms with E-state index in [9.17, 15) is 18.0 Å². The van der Waals surface area contributed by atoms with Crippen molar-refractivity contribution in [1.29, 1.82) is 0 Å². The van der Waals surface area contributed by atoms with Crippen LogP contribution in [0.5, 0.6) is 0 Å². The molecule has 1 amide bonds. The van der Waals surface area contributed by atoms with Gasteiger partial charge in [-0.1, -0.05) is 31.2 Å². The highest BCUT2D eigenvalue weighted by atomic mass is 19.4. The SMILES string of the molecule is CCC(NCc1ccc(CNC(=O)c2ccnnc2)cc1)C(F)(F)F. The van der Waals surface area contributed by atoms with Crippen molar-refractivity contribution in [3.63, 3.8) is 0 Å². The number of rotatable bonds is 7. The van der Waals surface area contributed by atoms with Crippen molar-refractivity contribution in [3.8, 4) is 0 Å². The Bertz CT molecular complexity index is 675. The first-order valence-corrected chi connectivity index (χ1v) is 7.83. The molecule has 0 spiro atoms. The van der Waals surface area contributed by atoms with Gasteiger partial charge in [-0.3, -0.25) is 4.79 Å². The van der Waals surface area contributed by atoms with Gasteiger partial charge >= 0.3 is 6.18 Å². The first-order chi connectivity index (χ1) is 11.9. The van der Waals surface area contributed by atoms with Gasteiger partial charge in [0.05, 0.1) is 18.0 Å². The number of amides is 1. The van der Waals surface area contributed by atoms with Gasteiger partial charge in [-0.2, -0.15) is 23.4 Å². The van der Waals surface area contributed by atoms with E-state index in [-0.39, 0.29) is 18.9 Å². The van der Waals surface area contributed by atoms with Crippen molar-refractivity contribution in [2.24, 2.45) is 0 Å². The van der Waals surface area contributed by atoms with Crippen LogP contribution in [0.4, 0.5) is 13.2 Å². The van der Waals surface area contributed by atoms with Gasteiger partial charge in [0.15, 0.2) is 0 Å². The second-order valence-electron chi connectivity index (χ2n) is 5.51. The summed E-state index contributed by atoms with van der Waals surface area (Å²) in [5.41, 5.74) is 2.01. The van der Waals surface area contributed by atoms with Crippen molar-refractivity contribution < 1.29 is 18.0 Å². The van der Waals surface area contributed by atoms with Gasteiger partial charge in [-0.15, -0.1) is 0 Å². The molecule has 0 aliphatic carbocycles. The van der Waals surface area contributed by atoms with Crippen LogP contribution in [0, 0.1) is 0 Å². The van der Waals surface area contributed by atoms with Gasteiger partial charge in [-0.05, 0) is 23.6 Å². The second-order valence-corrected chi connectivity index (χ2v) is 5.51. The van der Waals surface area contributed by atoms with Crippen LogP contribution in [0.1, 0.15) is 34.8 Å². The lowest BCUT2D eigenvalue weighted by Gasteiger charge is -2.20. The number of halogens is 3. The Morgan fingerprint density at radius 3 is 2.24 bits per heavy atom. The summed E-state index contributed by atoms with van der Waals surface area (Å²) in [7, 11) is 0. The largest absolute Gasteiger partial charge is 0.403 e. The summed E-state index contributed by atoms with van der Waals surface area (Å²) in [6, 6.07) is 7.08. The summed E-state index contributed by atoms with van der Waals surface area (Å²) < 4.78 is 38.1. The molecule has 0 aliphatic rings. The van der Waals surface area contributed by atoms with Crippen LogP contribution in [0.25, 0.3) is 0 Å². The molecule has 0 bridgehead atoms. The van der Waals surface area contributed by atoms with Crippen LogP contribution in [0.3, 0.4) is 0 Å². The van der Waals surface area contributed by atoms with E-state index in [1.165, 1.54) is 19.3 Å². The third kappa shape index (κ3) is 5.82. The Labute approximate surface area is 143 Å². The highest BCUT2D eigenvalue weighted by molar-refractivity contribution is 5.93. The number of benzene rings is 1. The maximum Gasteiger partial charge on any atom is 0.403 e. The summed E-state index contributed by atoms with van der Waals surface area (Å²) in [5.74, 6) is -0.267. The average molecular weight is 352 g/mol. The Morgan fingerprint density at radius 2 is 1.72 bits per heavy atom. The highest BCUT2D eigenvalue weighted by Crippen LogP contribution is 2.22. The molecule has 1 heterocycles. The molecular weight excluding hydrogens is 333 g/mol. The molecule has 2 N–H and O–H groups in total. The molecule has 134 valence electrons. The molecule has 1 aromatic heterocycles. The van der Waals surface area contributed by atoms with Gasteiger partial charge in [0.1, 0.15) is 6.04 Å². The number of aromatic nitrogens is 2. The molecular formula is C17H19F3N4O. The predicted octanol–water partition coefficient (Wildman–Crippen LogP) is 2.84. The molecule has 0 aliphatic heterocycles. The van der Waals surface area contributed by atoms with Crippen LogP contribution in [0.2, 0.25) is 0 Å². The lowest BCUT2D eigenvalue weighted by Crippen LogP contribution is -2.41. The molecule has 5 nitrogen and oxygen atoms in total. The van der Waals surface area contributed by atoms with Crippen LogP contribution in [-0.4, -0.2) is 28.3 Å². The summed E-state index contributed by atoms with van der Waals surface area (Å²) in [5, 5.41) is 12.5. The molecule has 0 saturated heterocycles. The maximum absolute atomic E-state index is 12.7. The smallest absolute Gasteiger partial charge is 0.348 e. The Morgan fingerprint density at radius 1 is 1.08 bits per heavy atom. The minimum Gasteiger partial charge on any atom is -0.348 e. The number of carbonyl (C=O) groups is 1. The van der Waals surface area contributed by atoms with Crippen molar-refractivity contribution in [2.45, 2.75) is 38.7 Å². The minimum absolute atomic E-state index is 0.0164. The third-order valence-electron chi connectivity index (χ3n) is 3.68. The quantitative estimate of drug-likeness (QED) is 0.804. The molecule has 2 rings (SSSR count). The van der Waals surface area contributed by atoms with E-state index in [1.54, 1.807) is 30.3 Å². The fraction of sp³-hybridized carbons (Fsp3) is 0.353. The Hall–Kier alpha value is -2.48. The number of hydrogen-bond donors (Lipinski definition) is 2. The van der Waals surface area contributed by atoms with E-state index >= 15 is 0 Å². The van der Waals surface area contributed by atoms with E-state index in [0.29, 0.717) is 12.1 Å². The highest BCUT2D eigenvalue weighted by Gasteiger charge is 2.37. The van der Waals surface area contributed by atoms with Gasteiger partial charge in [0, 0.05) is 13.1 Å². The lowest BCUT2D eigenvalue weighted by atomic mass is 10.1. The zero-order chi connectivity index (χ0) is 18.3. The monoisotopic (exact) mass is 352 g/mol. The normalized spacial score (nSPS) is 12.6. The minimum atomic E-state index is -4.25. The lowest BCUT2D eigenvalue weighted by molar-refractivity contribution is -0.156. The van der Waals surface area contributed by atoms with Crippen LogP contribution < -0.4 is 10.6 Å². The first-order valence-electron chi connectivity index (χ1n) is 7.83. The van der Waals surface area contributed by atoms with Crippen LogP contribution >= 0.6 is 0 Å². The van der Waals surface area contributed by atoms with E-state index < -0.39 is 12.2 Å². The number of hydrogen-bond acceptors (Lipinski definition) is 4. The molecule has 0 radical (unpaired) electrons. The second kappa shape index (κ2) is 8.57. The maximum atomic E-state index is 12.7. The number of carbonyl (C=O) groups excluding carboxylic acids is 1. The number of nitrogens with one attached hydrogen (secondary N) is 2. The van der Waals surface area contributed by atoms with Crippen LogP contribution in [-0.2, 0) is 13.1 Å². The van der Waals surface area contributed by atoms with E-state index in [0.717, 1.165) is 11.1 Å². The Balaban J connectivity index is 1.84. The fourth-order valence-electron chi connectivity index (χ4n) is 2.22. The van der Waals surface area contributed by atoms with Crippen molar-refractivity contribution in [2.75, 3.05) is 0 Å². The summed E-state index contributed by atoms with van der Waals surface area (Å²) in [6.45, 7) is 1.94. The third-order valence-corrected chi connectivity index (χ3v) is 3.68. The molecule has 1 aromatic carbocycles. The summed E-state index contributed by atoms with van der Waals surface area (Å²) in [6.07, 6.45) is -1.46. The van der Waals surface area contributed by atoms with Crippen LogP contribution in [0.15, 0.2) is 42.7 Å². The van der Waals surface area contributed by atoms with Gasteiger partial charge in [0.2, 0.25) is 0 Å². The van der Waals surface area contributed by atoms with Gasteiger partial charge in [-0.25, -0.2) is 0 Å². The van der Waals surface area contributed by atoms with E-state index in [2.05, 4.69) is 20.8 Å². The molecule has 25 heavy (non-hydrogen) atoms. The summed E-state index contributed by atoms with van der Waals surface area (Å²) in [4.78, 5) is 11.9. The van der Waals surface area contributed by atoms with Crippen molar-refractivity contribution in [3.05, 3.63) is 59.4 Å². The standard InChI is InChI=1S/C17H19F3N4O/c1-2-15(17(18,19)20)21-9-12-3-5-13(6-4-12)10-22-16(25)14-7-8-23-24-11-14/h3-8,11,15,21H,2,9-10H2,1H3,(H,22,25). The number of nitrogens with zero attached hydrogens (tertiary/aromatic N) is 2. The van der Waals surface area contributed by atoms with E-state index in [4.69, 9.17) is 0 Å². The zero-order valence-electron chi connectivity index (χ0n) is 13.7. The van der Waals surface area contributed by atoms with Gasteiger partial charge < -0.3 is 10.6 Å². The fourth-order valence-corrected chi connectivity index (χ4v) is 2.22. The topological polar surface area (TPSA) is 66.9 Å². The molecule has 0 fully saturated rings. The van der Waals surface area contributed by atoms with Crippen molar-refractivity contribution >= 4 is 5.91 Å². The molecule has 8 heteroatoms. The predicted molar refractivity (Wildman–Crippen MR) is 86.6 cm³/mol. The molecule has 0 saturated carbocycles. The molecule has 1 atom stereocenters. The Kier molecular flexibility index (Phi) is 6.46. The zero-order valence-corrected chi connectivity index (χ0v) is 13.7. The first kappa shape index (κ1) is 18.9. The average Bonchev–Trinajstić information content (AvgIpc) is 2.61. The summed E-state index contributed by atoms with van der Waals surface area (Å²) >= 11 is 0. The molecule has 2 aromatic rings. The van der Waals surface area contributed by atoms with Gasteiger partial charge in [0.25, 0.3) is 5.91 Å². The molecule has 1 unspecified atom stereocenters. The number of alkyl halides is 3. The van der Waals surface area contributed by atoms with E-state index in [1.807, 2.05) is 0 Å². The van der Waals surface area contributed by atoms with Crippen molar-refractivity contribution in [1.82, 2.24) is 20.8 Å².